The second-order valence-electron chi connectivity index (χ2n) is 4.67. The van der Waals surface area contributed by atoms with Crippen LogP contribution in [-0.4, -0.2) is 13.3 Å². The monoisotopic (exact) mass is 311 g/mol. The van der Waals surface area contributed by atoms with Crippen molar-refractivity contribution in [1.29, 1.82) is 0 Å². The molecule has 2 N–H and O–H groups in total. The van der Waals surface area contributed by atoms with Gasteiger partial charge in [0.15, 0.2) is 11.5 Å². The van der Waals surface area contributed by atoms with Crippen molar-refractivity contribution in [2.45, 2.75) is 18.8 Å². The van der Waals surface area contributed by atoms with Crippen LogP contribution in [0.1, 0.15) is 17.2 Å². The summed E-state index contributed by atoms with van der Waals surface area (Å²) in [6, 6.07) is 11.3. The lowest BCUT2D eigenvalue weighted by Gasteiger charge is -2.21. The van der Waals surface area contributed by atoms with E-state index in [-0.39, 0.29) is 23.7 Å². The zero-order chi connectivity index (χ0) is 16.2. The summed E-state index contributed by atoms with van der Waals surface area (Å²) < 4.78 is 49.3. The van der Waals surface area contributed by atoms with Gasteiger partial charge in [0.1, 0.15) is 12.6 Å². The number of ether oxygens (including phenoxy) is 2. The highest BCUT2D eigenvalue weighted by Crippen LogP contribution is 2.40. The van der Waals surface area contributed by atoms with Gasteiger partial charge < -0.3 is 15.2 Å². The van der Waals surface area contributed by atoms with E-state index in [2.05, 4.69) is 0 Å². The van der Waals surface area contributed by atoms with Crippen LogP contribution >= 0.6 is 0 Å². The second-order valence-corrected chi connectivity index (χ2v) is 4.67. The van der Waals surface area contributed by atoms with E-state index in [0.29, 0.717) is 0 Å². The fourth-order valence-corrected chi connectivity index (χ4v) is 2.00. The molecule has 1 atom stereocenters. The molecule has 0 bridgehead atoms. The van der Waals surface area contributed by atoms with Crippen molar-refractivity contribution >= 4 is 0 Å². The lowest BCUT2D eigenvalue weighted by atomic mass is 10.1. The number of nitrogens with two attached hydrogens (primary N) is 1. The number of halogens is 3. The molecule has 0 spiro atoms. The molecule has 0 aliphatic carbocycles. The zero-order valence-corrected chi connectivity index (χ0v) is 11.9. The van der Waals surface area contributed by atoms with E-state index in [4.69, 9.17) is 15.2 Å². The van der Waals surface area contributed by atoms with Gasteiger partial charge in [0.25, 0.3) is 0 Å². The number of alkyl halides is 3. The van der Waals surface area contributed by atoms with Gasteiger partial charge in [0, 0.05) is 5.56 Å². The molecule has 0 saturated carbocycles. The first-order valence-corrected chi connectivity index (χ1v) is 6.59. The number of methoxy groups -OCH3 is 1. The Bertz CT molecular complexity index is 615. The predicted molar refractivity (Wildman–Crippen MR) is 76.8 cm³/mol. The maximum absolute atomic E-state index is 12.9. The average Bonchev–Trinajstić information content (AvgIpc) is 2.52. The van der Waals surface area contributed by atoms with Gasteiger partial charge in [-0.15, -0.1) is 0 Å². The first-order valence-electron chi connectivity index (χ1n) is 6.59. The van der Waals surface area contributed by atoms with Gasteiger partial charge in [0.2, 0.25) is 0 Å². The summed E-state index contributed by atoms with van der Waals surface area (Å²) in [7, 11) is 1.37. The van der Waals surface area contributed by atoms with Crippen LogP contribution in [0.4, 0.5) is 13.2 Å². The Kier molecular flexibility index (Phi) is 4.92. The van der Waals surface area contributed by atoms with Gasteiger partial charge in [-0.1, -0.05) is 42.5 Å². The van der Waals surface area contributed by atoms with E-state index < -0.39 is 12.2 Å². The van der Waals surface area contributed by atoms with Crippen LogP contribution in [-0.2, 0) is 6.61 Å². The van der Waals surface area contributed by atoms with Gasteiger partial charge in [-0.25, -0.2) is 0 Å². The number of para-hydroxylation sites is 1. The second kappa shape index (κ2) is 6.70. The van der Waals surface area contributed by atoms with E-state index in [1.165, 1.54) is 25.3 Å². The highest BCUT2D eigenvalue weighted by atomic mass is 19.4. The minimum atomic E-state index is -4.56. The van der Waals surface area contributed by atoms with Gasteiger partial charge >= 0.3 is 6.18 Å². The third-order valence-corrected chi connectivity index (χ3v) is 3.14. The lowest BCUT2D eigenvalue weighted by Crippen LogP contribution is -2.29. The highest BCUT2D eigenvalue weighted by molar-refractivity contribution is 5.48. The van der Waals surface area contributed by atoms with Crippen LogP contribution in [0.25, 0.3) is 0 Å². The Morgan fingerprint density at radius 3 is 2.32 bits per heavy atom. The molecule has 0 radical (unpaired) electrons. The average molecular weight is 311 g/mol. The smallest absolute Gasteiger partial charge is 0.407 e. The molecule has 2 aromatic carbocycles. The van der Waals surface area contributed by atoms with Crippen molar-refractivity contribution in [2.75, 3.05) is 7.11 Å². The van der Waals surface area contributed by atoms with E-state index in [1.54, 1.807) is 0 Å². The number of hydrogen-bond donors (Lipinski definition) is 1. The number of rotatable bonds is 5. The van der Waals surface area contributed by atoms with Crippen LogP contribution in [0.15, 0.2) is 48.5 Å². The van der Waals surface area contributed by atoms with Gasteiger partial charge in [0.05, 0.1) is 7.11 Å². The molecule has 0 heterocycles. The van der Waals surface area contributed by atoms with Gasteiger partial charge in [-0.3, -0.25) is 0 Å². The fourth-order valence-electron chi connectivity index (χ4n) is 2.00. The van der Waals surface area contributed by atoms with E-state index in [1.807, 2.05) is 30.3 Å². The van der Waals surface area contributed by atoms with Crippen LogP contribution in [0, 0.1) is 0 Å². The largest absolute Gasteiger partial charge is 0.493 e. The third kappa shape index (κ3) is 3.71. The Morgan fingerprint density at radius 1 is 1.05 bits per heavy atom. The zero-order valence-electron chi connectivity index (χ0n) is 11.9. The van der Waals surface area contributed by atoms with Crippen molar-refractivity contribution in [1.82, 2.24) is 0 Å². The van der Waals surface area contributed by atoms with Crippen LogP contribution in [0.5, 0.6) is 11.5 Å². The molecule has 22 heavy (non-hydrogen) atoms. The van der Waals surface area contributed by atoms with Crippen molar-refractivity contribution in [2.24, 2.45) is 5.73 Å². The molecular formula is C16H16F3NO2. The SMILES string of the molecule is COc1cccc([C@H](N)C(F)(F)F)c1OCc1ccccc1. The molecule has 0 aliphatic rings. The maximum atomic E-state index is 12.9. The normalized spacial score (nSPS) is 12.8. The minimum Gasteiger partial charge on any atom is -0.493 e. The third-order valence-electron chi connectivity index (χ3n) is 3.14. The molecule has 0 fully saturated rings. The summed E-state index contributed by atoms with van der Waals surface area (Å²) in [6.45, 7) is 0.124. The van der Waals surface area contributed by atoms with Gasteiger partial charge in [-0.2, -0.15) is 13.2 Å². The standard InChI is InChI=1S/C16H16F3NO2/c1-21-13-9-5-8-12(15(20)16(17,18)19)14(13)22-10-11-6-3-2-4-7-11/h2-9,15H,10,20H2,1H3/t15-/m0/s1. The number of benzene rings is 2. The Balaban J connectivity index is 2.31. The summed E-state index contributed by atoms with van der Waals surface area (Å²) in [5, 5.41) is 0. The molecule has 0 saturated heterocycles. The van der Waals surface area contributed by atoms with E-state index >= 15 is 0 Å². The molecule has 2 aromatic rings. The van der Waals surface area contributed by atoms with Crippen molar-refractivity contribution in [3.63, 3.8) is 0 Å². The lowest BCUT2D eigenvalue weighted by molar-refractivity contribution is -0.149. The van der Waals surface area contributed by atoms with Crippen LogP contribution in [0.3, 0.4) is 0 Å². The summed E-state index contributed by atoms with van der Waals surface area (Å²) in [6.07, 6.45) is -4.56. The van der Waals surface area contributed by atoms with Crippen molar-refractivity contribution < 1.29 is 22.6 Å². The molecule has 0 unspecified atom stereocenters. The van der Waals surface area contributed by atoms with E-state index in [9.17, 15) is 13.2 Å². The molecule has 0 aromatic heterocycles. The van der Waals surface area contributed by atoms with Crippen molar-refractivity contribution in [3.05, 3.63) is 59.7 Å². The Morgan fingerprint density at radius 2 is 1.73 bits per heavy atom. The summed E-state index contributed by atoms with van der Waals surface area (Å²) in [5.41, 5.74) is 5.99. The molecule has 2 rings (SSSR count). The van der Waals surface area contributed by atoms with Crippen LogP contribution < -0.4 is 15.2 Å². The first kappa shape index (κ1) is 16.2. The number of hydrogen-bond acceptors (Lipinski definition) is 3. The molecule has 6 heteroatoms. The summed E-state index contributed by atoms with van der Waals surface area (Å²) in [4.78, 5) is 0. The summed E-state index contributed by atoms with van der Waals surface area (Å²) in [5.74, 6) is 0.229. The molecule has 0 amide bonds. The predicted octanol–water partition coefficient (Wildman–Crippen LogP) is 3.84. The maximum Gasteiger partial charge on any atom is 0.407 e. The van der Waals surface area contributed by atoms with Crippen LogP contribution in [0.2, 0.25) is 0 Å². The van der Waals surface area contributed by atoms with Gasteiger partial charge in [-0.05, 0) is 11.6 Å². The molecule has 0 aliphatic heterocycles. The highest BCUT2D eigenvalue weighted by Gasteiger charge is 2.40. The quantitative estimate of drug-likeness (QED) is 0.912. The molecular weight excluding hydrogens is 295 g/mol. The van der Waals surface area contributed by atoms with E-state index in [0.717, 1.165) is 5.56 Å². The molecule has 3 nitrogen and oxygen atoms in total. The minimum absolute atomic E-state index is 0.0127. The Hall–Kier alpha value is -2.21. The van der Waals surface area contributed by atoms with Crippen molar-refractivity contribution in [3.8, 4) is 11.5 Å². The summed E-state index contributed by atoms with van der Waals surface area (Å²) >= 11 is 0. The fraction of sp³-hybridized carbons (Fsp3) is 0.250. The molecule has 118 valence electrons. The topological polar surface area (TPSA) is 44.5 Å². The first-order chi connectivity index (χ1) is 10.4. The Labute approximate surface area is 126 Å².